The molecule has 2 aliphatic rings. The van der Waals surface area contributed by atoms with Crippen LogP contribution in [0.25, 0.3) is 0 Å². The van der Waals surface area contributed by atoms with Crippen molar-refractivity contribution < 1.29 is 14.3 Å². The summed E-state index contributed by atoms with van der Waals surface area (Å²) in [4.78, 5) is 11.7. The number of esters is 1. The van der Waals surface area contributed by atoms with Crippen molar-refractivity contribution in [1.29, 1.82) is 0 Å². The fourth-order valence-corrected chi connectivity index (χ4v) is 2.13. The molecular formula is C11H18O3. The molecule has 14 heavy (non-hydrogen) atoms. The van der Waals surface area contributed by atoms with Gasteiger partial charge in [0.25, 0.3) is 0 Å². The van der Waals surface area contributed by atoms with Gasteiger partial charge in [0, 0.05) is 12.5 Å². The minimum absolute atomic E-state index is 0.0247. The summed E-state index contributed by atoms with van der Waals surface area (Å²) in [6.45, 7) is 6.51. The lowest BCUT2D eigenvalue weighted by Gasteiger charge is -2.19. The van der Waals surface area contributed by atoms with E-state index in [1.807, 2.05) is 20.8 Å². The van der Waals surface area contributed by atoms with Gasteiger partial charge in [-0.25, -0.2) is 0 Å². The first kappa shape index (κ1) is 9.97. The summed E-state index contributed by atoms with van der Waals surface area (Å²) in [5, 5.41) is 0. The standard InChI is InChI=1S/C11H18O3/c1-11(2,3)14-10(12)8-7-5-4-6-13-9(7)8/h7-9H,4-6H2,1-3H3/t7-,8+,9-/m0/s1. The van der Waals surface area contributed by atoms with Gasteiger partial charge in [0.05, 0.1) is 12.0 Å². The summed E-state index contributed by atoms with van der Waals surface area (Å²) in [6.07, 6.45) is 2.37. The Morgan fingerprint density at radius 2 is 2.14 bits per heavy atom. The first-order valence-corrected chi connectivity index (χ1v) is 5.33. The summed E-state index contributed by atoms with van der Waals surface area (Å²) in [7, 11) is 0. The van der Waals surface area contributed by atoms with Crippen LogP contribution in [0, 0.1) is 11.8 Å². The predicted molar refractivity (Wildman–Crippen MR) is 51.8 cm³/mol. The van der Waals surface area contributed by atoms with Crippen LogP contribution < -0.4 is 0 Å². The minimum Gasteiger partial charge on any atom is -0.460 e. The van der Waals surface area contributed by atoms with E-state index >= 15 is 0 Å². The number of fused-ring (bicyclic) bond motifs is 1. The smallest absolute Gasteiger partial charge is 0.312 e. The molecule has 0 aromatic heterocycles. The fourth-order valence-electron chi connectivity index (χ4n) is 2.13. The molecule has 3 atom stereocenters. The molecule has 2 rings (SSSR count). The molecule has 0 spiro atoms. The Bertz CT molecular complexity index is 229. The van der Waals surface area contributed by atoms with Crippen LogP contribution in [0.1, 0.15) is 33.6 Å². The zero-order valence-electron chi connectivity index (χ0n) is 9.08. The third kappa shape index (κ3) is 1.92. The van der Waals surface area contributed by atoms with Crippen molar-refractivity contribution in [2.75, 3.05) is 6.61 Å². The van der Waals surface area contributed by atoms with Crippen LogP contribution in [0.3, 0.4) is 0 Å². The zero-order valence-corrected chi connectivity index (χ0v) is 9.08. The van der Waals surface area contributed by atoms with Crippen LogP contribution in [0.15, 0.2) is 0 Å². The van der Waals surface area contributed by atoms with E-state index in [9.17, 15) is 4.79 Å². The molecule has 0 bridgehead atoms. The van der Waals surface area contributed by atoms with Gasteiger partial charge in [0.15, 0.2) is 0 Å². The van der Waals surface area contributed by atoms with Gasteiger partial charge in [-0.1, -0.05) is 0 Å². The van der Waals surface area contributed by atoms with Gasteiger partial charge in [-0.15, -0.1) is 0 Å². The minimum atomic E-state index is -0.372. The third-order valence-electron chi connectivity index (χ3n) is 2.77. The molecule has 1 aliphatic carbocycles. The van der Waals surface area contributed by atoms with Crippen LogP contribution in [-0.2, 0) is 14.3 Å². The van der Waals surface area contributed by atoms with Crippen LogP contribution in [0.5, 0.6) is 0 Å². The van der Waals surface area contributed by atoms with E-state index < -0.39 is 0 Å². The zero-order chi connectivity index (χ0) is 10.3. The number of carbonyl (C=O) groups is 1. The number of hydrogen-bond donors (Lipinski definition) is 0. The second kappa shape index (κ2) is 3.23. The molecular weight excluding hydrogens is 180 g/mol. The molecule has 1 saturated heterocycles. The molecule has 80 valence electrons. The number of hydrogen-bond acceptors (Lipinski definition) is 3. The number of carbonyl (C=O) groups excluding carboxylic acids is 1. The Labute approximate surface area is 84.8 Å². The van der Waals surface area contributed by atoms with Gasteiger partial charge in [-0.05, 0) is 33.6 Å². The van der Waals surface area contributed by atoms with Gasteiger partial charge in [-0.2, -0.15) is 0 Å². The maximum Gasteiger partial charge on any atom is 0.312 e. The average molecular weight is 198 g/mol. The van der Waals surface area contributed by atoms with Crippen LogP contribution in [0.4, 0.5) is 0 Å². The molecule has 2 fully saturated rings. The molecule has 0 radical (unpaired) electrons. The van der Waals surface area contributed by atoms with Gasteiger partial charge in [0.2, 0.25) is 0 Å². The molecule has 3 heteroatoms. The average Bonchev–Trinajstić information content (AvgIpc) is 2.73. The Balaban J connectivity index is 1.88. The number of rotatable bonds is 1. The van der Waals surface area contributed by atoms with Gasteiger partial charge >= 0.3 is 5.97 Å². The topological polar surface area (TPSA) is 35.5 Å². The van der Waals surface area contributed by atoms with E-state index in [1.54, 1.807) is 0 Å². The Hall–Kier alpha value is -0.570. The maximum absolute atomic E-state index is 11.7. The van der Waals surface area contributed by atoms with E-state index in [1.165, 1.54) is 0 Å². The van der Waals surface area contributed by atoms with E-state index in [-0.39, 0.29) is 23.6 Å². The monoisotopic (exact) mass is 198 g/mol. The lowest BCUT2D eigenvalue weighted by atomic mass is 10.1. The van der Waals surface area contributed by atoms with Crippen molar-refractivity contribution in [3.63, 3.8) is 0 Å². The molecule has 0 N–H and O–H groups in total. The maximum atomic E-state index is 11.7. The van der Waals surface area contributed by atoms with Crippen LogP contribution in [-0.4, -0.2) is 24.3 Å². The molecule has 0 aromatic rings. The normalized spacial score (nSPS) is 36.1. The van der Waals surface area contributed by atoms with Crippen LogP contribution >= 0.6 is 0 Å². The van der Waals surface area contributed by atoms with E-state index in [0.717, 1.165) is 19.4 Å². The fraction of sp³-hybridized carbons (Fsp3) is 0.909. The SMILES string of the molecule is CC(C)(C)OC(=O)[C@@H]1[C@@H]2CCCO[C@@H]21. The lowest BCUT2D eigenvalue weighted by Crippen LogP contribution is -2.25. The van der Waals surface area contributed by atoms with Crippen molar-refractivity contribution in [3.8, 4) is 0 Å². The second-order valence-electron chi connectivity index (χ2n) is 5.20. The number of ether oxygens (including phenoxy) is 2. The summed E-state index contributed by atoms with van der Waals surface area (Å²) in [5.41, 5.74) is -0.372. The largest absolute Gasteiger partial charge is 0.460 e. The second-order valence-corrected chi connectivity index (χ2v) is 5.20. The van der Waals surface area contributed by atoms with Gasteiger partial charge < -0.3 is 9.47 Å². The molecule has 1 heterocycles. The summed E-state index contributed by atoms with van der Waals surface area (Å²) < 4.78 is 10.8. The van der Waals surface area contributed by atoms with Crippen molar-refractivity contribution in [3.05, 3.63) is 0 Å². The highest BCUT2D eigenvalue weighted by Gasteiger charge is 2.58. The molecule has 1 aliphatic heterocycles. The van der Waals surface area contributed by atoms with Crippen molar-refractivity contribution >= 4 is 5.97 Å². The quantitative estimate of drug-likeness (QED) is 0.602. The first-order valence-electron chi connectivity index (χ1n) is 5.33. The van der Waals surface area contributed by atoms with E-state index in [2.05, 4.69) is 0 Å². The molecule has 0 unspecified atom stereocenters. The summed E-state index contributed by atoms with van der Waals surface area (Å²) >= 11 is 0. The highest BCUT2D eigenvalue weighted by molar-refractivity contribution is 5.77. The predicted octanol–water partition coefficient (Wildman–Crippen LogP) is 1.75. The Kier molecular flexibility index (Phi) is 2.30. The third-order valence-corrected chi connectivity index (χ3v) is 2.77. The van der Waals surface area contributed by atoms with Crippen LogP contribution in [0.2, 0.25) is 0 Å². The Morgan fingerprint density at radius 3 is 2.64 bits per heavy atom. The lowest BCUT2D eigenvalue weighted by molar-refractivity contribution is -0.157. The highest BCUT2D eigenvalue weighted by atomic mass is 16.6. The summed E-state index contributed by atoms with van der Waals surface area (Å²) in [6, 6.07) is 0. The molecule has 0 amide bonds. The van der Waals surface area contributed by atoms with Gasteiger partial charge in [0.1, 0.15) is 5.60 Å². The summed E-state index contributed by atoms with van der Waals surface area (Å²) in [5.74, 6) is 0.393. The highest BCUT2D eigenvalue weighted by Crippen LogP contribution is 2.48. The van der Waals surface area contributed by atoms with Crippen molar-refractivity contribution in [1.82, 2.24) is 0 Å². The molecule has 0 aromatic carbocycles. The first-order chi connectivity index (χ1) is 6.49. The van der Waals surface area contributed by atoms with Crippen molar-refractivity contribution in [2.24, 2.45) is 11.8 Å². The molecule has 1 saturated carbocycles. The van der Waals surface area contributed by atoms with Crippen molar-refractivity contribution in [2.45, 2.75) is 45.3 Å². The Morgan fingerprint density at radius 1 is 1.43 bits per heavy atom. The van der Waals surface area contributed by atoms with Gasteiger partial charge in [-0.3, -0.25) is 4.79 Å². The van der Waals surface area contributed by atoms with E-state index in [4.69, 9.17) is 9.47 Å². The van der Waals surface area contributed by atoms with E-state index in [0.29, 0.717) is 5.92 Å². The molecule has 3 nitrogen and oxygen atoms in total.